The first-order valence-corrected chi connectivity index (χ1v) is 7.86. The summed E-state index contributed by atoms with van der Waals surface area (Å²) in [6.45, 7) is 6.30. The van der Waals surface area contributed by atoms with E-state index >= 15 is 0 Å². The maximum Gasteiger partial charge on any atom is 0.146 e. The lowest BCUT2D eigenvalue weighted by molar-refractivity contribution is -0.126. The van der Waals surface area contributed by atoms with Gasteiger partial charge in [-0.15, -0.1) is 0 Å². The van der Waals surface area contributed by atoms with E-state index in [4.69, 9.17) is 4.74 Å². The van der Waals surface area contributed by atoms with E-state index in [0.29, 0.717) is 11.7 Å². The number of aryl methyl sites for hydroxylation is 1. The number of hydrogen-bond donors (Lipinski definition) is 0. The molecule has 0 aromatic heterocycles. The van der Waals surface area contributed by atoms with Crippen molar-refractivity contribution in [3.63, 3.8) is 0 Å². The molecule has 0 bridgehead atoms. The van der Waals surface area contributed by atoms with E-state index in [1.807, 2.05) is 0 Å². The molecular weight excluding hydrogens is 248 g/mol. The number of ketones is 1. The molecule has 1 fully saturated rings. The van der Waals surface area contributed by atoms with Gasteiger partial charge in [-0.3, -0.25) is 4.79 Å². The van der Waals surface area contributed by atoms with Gasteiger partial charge in [0.05, 0.1) is 12.2 Å². The number of benzene rings is 1. The predicted molar refractivity (Wildman–Crippen MR) is 79.8 cm³/mol. The fraction of sp³-hybridized carbons (Fsp3) is 0.611. The van der Waals surface area contributed by atoms with Crippen molar-refractivity contribution in [2.75, 3.05) is 0 Å². The SMILES string of the molecule is CC1OC(C)C(C(=O)C2CCCc3ccccc32)C1C. The van der Waals surface area contributed by atoms with Crippen molar-refractivity contribution in [2.45, 2.75) is 58.2 Å². The van der Waals surface area contributed by atoms with Gasteiger partial charge in [0.15, 0.2) is 0 Å². The van der Waals surface area contributed by atoms with Gasteiger partial charge in [0.25, 0.3) is 0 Å². The van der Waals surface area contributed by atoms with Crippen LogP contribution in [0.1, 0.15) is 50.7 Å². The summed E-state index contributed by atoms with van der Waals surface area (Å²) < 4.78 is 5.87. The fourth-order valence-corrected chi connectivity index (χ4v) is 4.04. The topological polar surface area (TPSA) is 26.3 Å². The zero-order valence-corrected chi connectivity index (χ0v) is 12.6. The van der Waals surface area contributed by atoms with Crippen molar-refractivity contribution in [2.24, 2.45) is 11.8 Å². The highest BCUT2D eigenvalue weighted by molar-refractivity contribution is 5.89. The smallest absolute Gasteiger partial charge is 0.146 e. The molecule has 108 valence electrons. The van der Waals surface area contributed by atoms with Crippen molar-refractivity contribution in [1.29, 1.82) is 0 Å². The second kappa shape index (κ2) is 5.33. The second-order valence-electron chi connectivity index (χ2n) is 6.48. The minimum absolute atomic E-state index is 0.0566. The quantitative estimate of drug-likeness (QED) is 0.820. The molecule has 0 N–H and O–H groups in total. The van der Waals surface area contributed by atoms with Gasteiger partial charge < -0.3 is 4.74 Å². The Morgan fingerprint density at radius 3 is 2.60 bits per heavy atom. The Morgan fingerprint density at radius 1 is 1.15 bits per heavy atom. The Morgan fingerprint density at radius 2 is 1.90 bits per heavy atom. The largest absolute Gasteiger partial charge is 0.375 e. The van der Waals surface area contributed by atoms with Crippen LogP contribution in [-0.2, 0) is 16.0 Å². The predicted octanol–water partition coefficient (Wildman–Crippen LogP) is 3.74. The maximum atomic E-state index is 13.0. The first-order chi connectivity index (χ1) is 9.59. The average Bonchev–Trinajstić information content (AvgIpc) is 2.71. The monoisotopic (exact) mass is 272 g/mol. The van der Waals surface area contributed by atoms with Crippen molar-refractivity contribution >= 4 is 5.78 Å². The van der Waals surface area contributed by atoms with E-state index in [9.17, 15) is 4.79 Å². The standard InChI is InChI=1S/C18H24O2/c1-11-12(2)20-13(3)17(11)18(19)16-10-6-8-14-7-4-5-9-15(14)16/h4-5,7,9,11-13,16-17H,6,8,10H2,1-3H3. The molecule has 0 saturated carbocycles. The van der Waals surface area contributed by atoms with Gasteiger partial charge in [0.1, 0.15) is 5.78 Å². The Kier molecular flexibility index (Phi) is 3.68. The van der Waals surface area contributed by atoms with Crippen LogP contribution in [0.15, 0.2) is 24.3 Å². The molecule has 5 atom stereocenters. The van der Waals surface area contributed by atoms with E-state index in [0.717, 1.165) is 19.3 Å². The Labute approximate surface area is 121 Å². The molecule has 0 radical (unpaired) electrons. The minimum atomic E-state index is 0.0566. The summed E-state index contributed by atoms with van der Waals surface area (Å²) in [5.74, 6) is 0.873. The van der Waals surface area contributed by atoms with Crippen LogP contribution < -0.4 is 0 Å². The minimum Gasteiger partial charge on any atom is -0.375 e. The maximum absolute atomic E-state index is 13.0. The number of carbonyl (C=O) groups is 1. The van der Waals surface area contributed by atoms with Crippen LogP contribution in [0.25, 0.3) is 0 Å². The summed E-state index contributed by atoms with van der Waals surface area (Å²) in [4.78, 5) is 13.0. The lowest BCUT2D eigenvalue weighted by Gasteiger charge is -2.28. The molecule has 1 aromatic carbocycles. The molecule has 3 rings (SSSR count). The van der Waals surface area contributed by atoms with Crippen molar-refractivity contribution in [1.82, 2.24) is 0 Å². The van der Waals surface area contributed by atoms with Gasteiger partial charge in [-0.2, -0.15) is 0 Å². The highest BCUT2D eigenvalue weighted by Gasteiger charge is 2.44. The molecule has 1 heterocycles. The molecule has 2 aliphatic rings. The first-order valence-electron chi connectivity index (χ1n) is 7.86. The highest BCUT2D eigenvalue weighted by Crippen LogP contribution is 2.40. The summed E-state index contributed by atoms with van der Waals surface area (Å²) in [7, 11) is 0. The second-order valence-corrected chi connectivity index (χ2v) is 6.48. The molecule has 1 saturated heterocycles. The summed E-state index contributed by atoms with van der Waals surface area (Å²) >= 11 is 0. The molecular formula is C18H24O2. The zero-order valence-electron chi connectivity index (χ0n) is 12.6. The normalized spacial score (nSPS) is 36.6. The van der Waals surface area contributed by atoms with Crippen molar-refractivity contribution in [3.8, 4) is 0 Å². The third-order valence-corrected chi connectivity index (χ3v) is 5.28. The number of hydrogen-bond acceptors (Lipinski definition) is 2. The number of Topliss-reactive ketones (excluding diaryl/α,β-unsaturated/α-hetero) is 1. The zero-order chi connectivity index (χ0) is 14.3. The van der Waals surface area contributed by atoms with Crippen LogP contribution in [0.4, 0.5) is 0 Å². The Hall–Kier alpha value is -1.15. The number of carbonyl (C=O) groups excluding carboxylic acids is 1. The summed E-state index contributed by atoms with van der Waals surface area (Å²) in [6.07, 6.45) is 3.49. The number of rotatable bonds is 2. The van der Waals surface area contributed by atoms with Gasteiger partial charge in [0, 0.05) is 11.8 Å². The molecule has 20 heavy (non-hydrogen) atoms. The number of fused-ring (bicyclic) bond motifs is 1. The van der Waals surface area contributed by atoms with E-state index in [2.05, 4.69) is 45.0 Å². The van der Waals surface area contributed by atoms with Gasteiger partial charge in [-0.25, -0.2) is 0 Å². The fourth-order valence-electron chi connectivity index (χ4n) is 4.04. The van der Waals surface area contributed by atoms with Crippen LogP contribution in [0.5, 0.6) is 0 Å². The van der Waals surface area contributed by atoms with Crippen LogP contribution in [0.3, 0.4) is 0 Å². The van der Waals surface area contributed by atoms with Crippen LogP contribution in [0, 0.1) is 11.8 Å². The van der Waals surface area contributed by atoms with Gasteiger partial charge >= 0.3 is 0 Å². The summed E-state index contributed by atoms with van der Waals surface area (Å²) in [5, 5.41) is 0. The number of ether oxygens (including phenoxy) is 1. The van der Waals surface area contributed by atoms with Gasteiger partial charge in [-0.05, 0) is 50.2 Å². The van der Waals surface area contributed by atoms with E-state index in [-0.39, 0.29) is 24.0 Å². The lowest BCUT2D eigenvalue weighted by Crippen LogP contribution is -2.32. The van der Waals surface area contributed by atoms with Gasteiger partial charge in [-0.1, -0.05) is 31.2 Å². The van der Waals surface area contributed by atoms with Crippen LogP contribution in [0.2, 0.25) is 0 Å². The first kappa shape index (κ1) is 13.8. The Bertz CT molecular complexity index is 508. The highest BCUT2D eigenvalue weighted by atomic mass is 16.5. The van der Waals surface area contributed by atoms with E-state index in [1.54, 1.807) is 0 Å². The van der Waals surface area contributed by atoms with E-state index in [1.165, 1.54) is 11.1 Å². The molecule has 1 aliphatic heterocycles. The molecule has 2 nitrogen and oxygen atoms in total. The summed E-state index contributed by atoms with van der Waals surface area (Å²) in [6, 6.07) is 8.46. The van der Waals surface area contributed by atoms with Crippen LogP contribution in [-0.4, -0.2) is 18.0 Å². The lowest BCUT2D eigenvalue weighted by atomic mass is 9.73. The molecule has 1 aliphatic carbocycles. The van der Waals surface area contributed by atoms with Crippen LogP contribution >= 0.6 is 0 Å². The summed E-state index contributed by atoms with van der Waals surface area (Å²) in [5.41, 5.74) is 2.63. The third-order valence-electron chi connectivity index (χ3n) is 5.28. The van der Waals surface area contributed by atoms with Crippen molar-refractivity contribution < 1.29 is 9.53 Å². The molecule has 5 unspecified atom stereocenters. The molecule has 0 amide bonds. The molecule has 0 spiro atoms. The average molecular weight is 272 g/mol. The molecule has 2 heteroatoms. The molecule has 1 aromatic rings. The van der Waals surface area contributed by atoms with E-state index < -0.39 is 0 Å². The van der Waals surface area contributed by atoms with Gasteiger partial charge in [0.2, 0.25) is 0 Å². The Balaban J connectivity index is 1.89. The third kappa shape index (κ3) is 2.20. The van der Waals surface area contributed by atoms with Crippen molar-refractivity contribution in [3.05, 3.63) is 35.4 Å².